The van der Waals surface area contributed by atoms with Crippen molar-refractivity contribution < 1.29 is 35.9 Å². The molecule has 40 heavy (non-hydrogen) atoms. The van der Waals surface area contributed by atoms with E-state index in [1.807, 2.05) is 0 Å². The van der Waals surface area contributed by atoms with Crippen molar-refractivity contribution in [1.29, 1.82) is 0 Å². The summed E-state index contributed by atoms with van der Waals surface area (Å²) >= 11 is 0. The lowest BCUT2D eigenvalue weighted by Crippen LogP contribution is -2.29. The quantitative estimate of drug-likeness (QED) is 0.253. The largest absolute Gasteiger partial charge is 0.457 e. The van der Waals surface area contributed by atoms with Crippen molar-refractivity contribution in [1.82, 2.24) is 20.3 Å². The van der Waals surface area contributed by atoms with Crippen molar-refractivity contribution in [3.63, 3.8) is 0 Å². The maximum atomic E-state index is 13.2. The summed E-state index contributed by atoms with van der Waals surface area (Å²) in [5, 5.41) is 7.54. The Morgan fingerprint density at radius 1 is 1.00 bits per heavy atom. The van der Waals surface area contributed by atoms with Crippen LogP contribution in [-0.4, -0.2) is 45.2 Å². The third kappa shape index (κ3) is 9.54. The number of ether oxygens (including phenoxy) is 1. The number of aromatic nitrogens is 1. The predicted molar refractivity (Wildman–Crippen MR) is 143 cm³/mol. The Labute approximate surface area is 229 Å². The molecule has 0 spiro atoms. The topological polar surface area (TPSA) is 139 Å². The highest BCUT2D eigenvalue weighted by molar-refractivity contribution is 7.88. The van der Waals surface area contributed by atoms with Gasteiger partial charge in [0.05, 0.1) is 11.8 Å². The zero-order valence-corrected chi connectivity index (χ0v) is 22.4. The van der Waals surface area contributed by atoms with Crippen LogP contribution in [0.1, 0.15) is 33.6 Å². The molecule has 3 aromatic rings. The van der Waals surface area contributed by atoms with E-state index in [0.29, 0.717) is 29.0 Å². The molecule has 1 heterocycles. The summed E-state index contributed by atoms with van der Waals surface area (Å²) in [5.41, 5.74) is 0.369. The molecule has 0 saturated carbocycles. The molecule has 0 aliphatic heterocycles. The molecule has 0 fully saturated rings. The molecular weight excluding hydrogens is 551 g/mol. The zero-order chi connectivity index (χ0) is 29.3. The Balaban J connectivity index is 1.60. The Hall–Kier alpha value is -4.17. The Morgan fingerprint density at radius 2 is 1.73 bits per heavy atom. The van der Waals surface area contributed by atoms with Gasteiger partial charge in [0.1, 0.15) is 17.2 Å². The number of carbonyl (C=O) groups excluding carboxylic acids is 2. The molecule has 2 aromatic carbocycles. The van der Waals surface area contributed by atoms with Crippen molar-refractivity contribution in [2.45, 2.75) is 25.6 Å². The molecule has 0 saturated heterocycles. The number of hydrogen-bond acceptors (Lipinski definition) is 6. The van der Waals surface area contributed by atoms with Crippen LogP contribution in [-0.2, 0) is 29.2 Å². The van der Waals surface area contributed by atoms with E-state index in [9.17, 15) is 31.2 Å². The number of nitrogens with one attached hydrogen (secondary N) is 4. The van der Waals surface area contributed by atoms with E-state index in [1.54, 1.807) is 30.3 Å². The van der Waals surface area contributed by atoms with Gasteiger partial charge in [0.2, 0.25) is 10.0 Å². The number of sulfonamides is 1. The summed E-state index contributed by atoms with van der Waals surface area (Å²) in [7, 11) is -1.90. The van der Waals surface area contributed by atoms with Gasteiger partial charge in [0.25, 0.3) is 5.91 Å². The number of amides is 3. The summed E-state index contributed by atoms with van der Waals surface area (Å²) in [6, 6.07) is 12.1. The number of nitrogens with zero attached hydrogens (tertiary/aromatic N) is 1. The number of hydrogen-bond donors (Lipinski definition) is 4. The van der Waals surface area contributed by atoms with Crippen molar-refractivity contribution >= 4 is 27.6 Å². The number of alkyl halides is 3. The fourth-order valence-corrected chi connectivity index (χ4v) is 4.03. The fraction of sp³-hybridized carbons (Fsp3) is 0.269. The molecule has 4 N–H and O–H groups in total. The zero-order valence-electron chi connectivity index (χ0n) is 21.6. The second kappa shape index (κ2) is 13.3. The number of benzene rings is 2. The van der Waals surface area contributed by atoms with Crippen LogP contribution in [0.2, 0.25) is 0 Å². The number of carbonyl (C=O) groups is 2. The number of halogens is 3. The monoisotopic (exact) mass is 579 g/mol. The summed E-state index contributed by atoms with van der Waals surface area (Å²) in [6.07, 6.45) is -1.60. The highest BCUT2D eigenvalue weighted by atomic mass is 32.2. The minimum absolute atomic E-state index is 0.0242. The summed E-state index contributed by atoms with van der Waals surface area (Å²) in [4.78, 5) is 28.2. The molecule has 1 aromatic heterocycles. The highest BCUT2D eigenvalue weighted by Gasteiger charge is 2.31. The van der Waals surface area contributed by atoms with Gasteiger partial charge >= 0.3 is 12.2 Å². The normalized spacial score (nSPS) is 11.5. The van der Waals surface area contributed by atoms with Gasteiger partial charge in [0.15, 0.2) is 0 Å². The van der Waals surface area contributed by atoms with Crippen molar-refractivity contribution in [2.24, 2.45) is 0 Å². The van der Waals surface area contributed by atoms with E-state index in [-0.39, 0.29) is 36.8 Å². The lowest BCUT2D eigenvalue weighted by molar-refractivity contribution is -0.137. The van der Waals surface area contributed by atoms with Crippen molar-refractivity contribution in [2.75, 3.05) is 25.2 Å². The molecule has 0 bridgehead atoms. The lowest BCUT2D eigenvalue weighted by atomic mass is 10.0. The average molecular weight is 580 g/mol. The number of pyridine rings is 1. The lowest BCUT2D eigenvalue weighted by Gasteiger charge is -2.15. The van der Waals surface area contributed by atoms with E-state index in [0.717, 1.165) is 18.4 Å². The number of rotatable bonds is 11. The molecule has 3 amide bonds. The first-order chi connectivity index (χ1) is 18.8. The minimum Gasteiger partial charge on any atom is -0.457 e. The first-order valence-electron chi connectivity index (χ1n) is 12.0. The standard InChI is InChI=1S/C26H28F3N5O5S/c1-30-24(35)23-15-21(11-13-31-23)39-20-9-5-17(6-10-20)16-32-25(36)34-22-14-19(26(27,28)29)8-7-18(22)4-3-12-33-40(2,37)38/h5-11,13-15,33H,3-4,12,16H2,1-2H3,(H,30,35)(H2,32,34,36). The second-order valence-corrected chi connectivity index (χ2v) is 10.5. The number of urea groups is 1. The van der Waals surface area contributed by atoms with Gasteiger partial charge in [-0.15, -0.1) is 0 Å². The van der Waals surface area contributed by atoms with E-state index in [2.05, 4.69) is 25.7 Å². The molecule has 0 unspecified atom stereocenters. The van der Waals surface area contributed by atoms with Gasteiger partial charge in [-0.2, -0.15) is 13.2 Å². The fourth-order valence-electron chi connectivity index (χ4n) is 3.51. The van der Waals surface area contributed by atoms with Gasteiger partial charge < -0.3 is 20.7 Å². The molecular formula is C26H28F3N5O5S. The van der Waals surface area contributed by atoms with Crippen LogP contribution in [0.25, 0.3) is 0 Å². The van der Waals surface area contributed by atoms with Crippen LogP contribution in [0.3, 0.4) is 0 Å². The molecule has 3 rings (SSSR count). The SMILES string of the molecule is CNC(=O)c1cc(Oc2ccc(CNC(=O)Nc3cc(C(F)(F)F)ccc3CCCNS(C)(=O)=O)cc2)ccn1. The molecule has 0 atom stereocenters. The van der Waals surface area contributed by atoms with Crippen LogP contribution >= 0.6 is 0 Å². The van der Waals surface area contributed by atoms with Gasteiger partial charge in [-0.1, -0.05) is 18.2 Å². The predicted octanol–water partition coefficient (Wildman–Crippen LogP) is 4.06. The van der Waals surface area contributed by atoms with Crippen LogP contribution in [0.15, 0.2) is 60.8 Å². The maximum Gasteiger partial charge on any atom is 0.416 e. The maximum absolute atomic E-state index is 13.2. The second-order valence-electron chi connectivity index (χ2n) is 8.65. The summed E-state index contributed by atoms with van der Waals surface area (Å²) < 4.78 is 70.2. The van der Waals surface area contributed by atoms with E-state index >= 15 is 0 Å². The van der Waals surface area contributed by atoms with Crippen LogP contribution < -0.4 is 25.4 Å². The first kappa shape index (κ1) is 30.4. The molecule has 214 valence electrons. The van der Waals surface area contributed by atoms with Gasteiger partial charge in [-0.25, -0.2) is 17.9 Å². The summed E-state index contributed by atoms with van der Waals surface area (Å²) in [6.45, 7) is 0.177. The molecule has 14 heteroatoms. The number of aryl methyl sites for hydroxylation is 1. The number of anilines is 1. The van der Waals surface area contributed by atoms with Crippen LogP contribution in [0.5, 0.6) is 11.5 Å². The third-order valence-corrected chi connectivity index (χ3v) is 6.20. The molecule has 10 nitrogen and oxygen atoms in total. The Bertz CT molecular complexity index is 1450. The van der Waals surface area contributed by atoms with Gasteiger partial charge in [-0.3, -0.25) is 9.78 Å². The minimum atomic E-state index is -4.60. The van der Waals surface area contributed by atoms with E-state index < -0.39 is 27.8 Å². The van der Waals surface area contributed by atoms with Gasteiger partial charge in [0, 0.05) is 38.1 Å². The average Bonchev–Trinajstić information content (AvgIpc) is 2.90. The highest BCUT2D eigenvalue weighted by Crippen LogP contribution is 2.32. The smallest absolute Gasteiger partial charge is 0.416 e. The molecule has 0 aliphatic rings. The molecule has 0 aliphatic carbocycles. The van der Waals surface area contributed by atoms with Gasteiger partial charge in [-0.05, 0) is 54.3 Å². The van der Waals surface area contributed by atoms with Crippen molar-refractivity contribution in [3.8, 4) is 11.5 Å². The first-order valence-corrected chi connectivity index (χ1v) is 13.9. The van der Waals surface area contributed by atoms with E-state index in [4.69, 9.17) is 4.74 Å². The third-order valence-electron chi connectivity index (χ3n) is 5.48. The summed E-state index contributed by atoms with van der Waals surface area (Å²) in [5.74, 6) is 0.524. The van der Waals surface area contributed by atoms with Crippen LogP contribution in [0, 0.1) is 0 Å². The Kier molecular flexibility index (Phi) is 10.1. The van der Waals surface area contributed by atoms with Crippen molar-refractivity contribution in [3.05, 3.63) is 83.2 Å². The van der Waals surface area contributed by atoms with E-state index in [1.165, 1.54) is 25.4 Å². The Morgan fingerprint density at radius 3 is 2.38 bits per heavy atom. The van der Waals surface area contributed by atoms with Crippen LogP contribution in [0.4, 0.5) is 23.7 Å². The molecule has 0 radical (unpaired) electrons.